The van der Waals surface area contributed by atoms with E-state index in [2.05, 4.69) is 44.6 Å². The lowest BCUT2D eigenvalue weighted by molar-refractivity contribution is -0.145. The predicted octanol–water partition coefficient (Wildman–Crippen LogP) is 4.22. The third kappa shape index (κ3) is 6.83. The number of anilines is 1. The molecule has 0 radical (unpaired) electrons. The van der Waals surface area contributed by atoms with Crippen LogP contribution in [0.2, 0.25) is 0 Å². The first kappa shape index (κ1) is 23.3. The molecule has 0 amide bonds. The maximum Gasteiger partial charge on any atom is 0.344 e. The second-order valence-corrected chi connectivity index (χ2v) is 7.89. The van der Waals surface area contributed by atoms with Gasteiger partial charge in [-0.1, -0.05) is 0 Å². The summed E-state index contributed by atoms with van der Waals surface area (Å²) < 4.78 is 22.5. The molecule has 0 aliphatic carbocycles. The topological polar surface area (TPSA) is 69.6 Å². The number of benzene rings is 2. The zero-order valence-corrected chi connectivity index (χ0v) is 20.0. The standard InChI is InChI=1S/C23H27IN2O5/c1-3-29-21-14-17(13-20(24)23(21)31-16-22(27)30-4-2)15-25-18-5-7-19(8-6-18)26-9-11-28-12-10-26/h5-8,13-15H,3-4,9-12,16H2,1-2H3. The monoisotopic (exact) mass is 538 g/mol. The molecule has 0 bridgehead atoms. The lowest BCUT2D eigenvalue weighted by atomic mass is 10.2. The summed E-state index contributed by atoms with van der Waals surface area (Å²) in [6.07, 6.45) is 1.80. The minimum Gasteiger partial charge on any atom is -0.490 e. The Bertz CT molecular complexity index is 896. The predicted molar refractivity (Wildman–Crippen MR) is 129 cm³/mol. The van der Waals surface area contributed by atoms with Gasteiger partial charge in [-0.15, -0.1) is 0 Å². The van der Waals surface area contributed by atoms with Crippen LogP contribution in [0.4, 0.5) is 11.4 Å². The van der Waals surface area contributed by atoms with Gasteiger partial charge in [-0.05, 0) is 78.4 Å². The number of nitrogens with zero attached hydrogens (tertiary/aromatic N) is 2. The van der Waals surface area contributed by atoms with Gasteiger partial charge in [0.25, 0.3) is 0 Å². The maximum atomic E-state index is 11.6. The van der Waals surface area contributed by atoms with Crippen LogP contribution >= 0.6 is 22.6 Å². The number of carbonyl (C=O) groups excluding carboxylic acids is 1. The van der Waals surface area contributed by atoms with E-state index in [9.17, 15) is 4.79 Å². The van der Waals surface area contributed by atoms with Crippen LogP contribution in [0.25, 0.3) is 0 Å². The van der Waals surface area contributed by atoms with Gasteiger partial charge in [0.1, 0.15) is 0 Å². The van der Waals surface area contributed by atoms with Crippen LogP contribution in [0.5, 0.6) is 11.5 Å². The Balaban J connectivity index is 1.71. The van der Waals surface area contributed by atoms with Crippen LogP contribution in [-0.2, 0) is 14.3 Å². The molecule has 1 fully saturated rings. The molecule has 1 aliphatic heterocycles. The molecule has 2 aromatic rings. The molecule has 2 aromatic carbocycles. The molecule has 0 spiro atoms. The number of carbonyl (C=O) groups is 1. The molecule has 7 nitrogen and oxygen atoms in total. The fraction of sp³-hybridized carbons (Fsp3) is 0.391. The summed E-state index contributed by atoms with van der Waals surface area (Å²) in [5.74, 6) is 0.692. The third-order valence-electron chi connectivity index (χ3n) is 4.56. The summed E-state index contributed by atoms with van der Waals surface area (Å²) in [7, 11) is 0. The lowest BCUT2D eigenvalue weighted by Gasteiger charge is -2.28. The van der Waals surface area contributed by atoms with E-state index in [1.165, 1.54) is 5.69 Å². The van der Waals surface area contributed by atoms with E-state index in [1.807, 2.05) is 31.2 Å². The minimum atomic E-state index is -0.410. The van der Waals surface area contributed by atoms with Crippen molar-refractivity contribution >= 4 is 46.1 Å². The van der Waals surface area contributed by atoms with Crippen molar-refractivity contribution in [2.45, 2.75) is 13.8 Å². The van der Waals surface area contributed by atoms with E-state index in [0.717, 1.165) is 41.1 Å². The summed E-state index contributed by atoms with van der Waals surface area (Å²) in [6, 6.07) is 12.0. The van der Waals surface area contributed by atoms with Crippen molar-refractivity contribution in [3.8, 4) is 11.5 Å². The lowest BCUT2D eigenvalue weighted by Crippen LogP contribution is -2.36. The molecule has 1 heterocycles. The first-order valence-corrected chi connectivity index (χ1v) is 11.4. The van der Waals surface area contributed by atoms with Gasteiger partial charge < -0.3 is 23.8 Å². The number of esters is 1. The fourth-order valence-electron chi connectivity index (χ4n) is 3.12. The van der Waals surface area contributed by atoms with Gasteiger partial charge in [-0.2, -0.15) is 0 Å². The smallest absolute Gasteiger partial charge is 0.344 e. The molecule has 0 aromatic heterocycles. The maximum absolute atomic E-state index is 11.6. The zero-order valence-electron chi connectivity index (χ0n) is 17.8. The molecular formula is C23H27IN2O5. The summed E-state index contributed by atoms with van der Waals surface area (Å²) in [5.41, 5.74) is 2.93. The van der Waals surface area contributed by atoms with Crippen LogP contribution in [0.1, 0.15) is 19.4 Å². The van der Waals surface area contributed by atoms with Crippen molar-refractivity contribution in [1.82, 2.24) is 0 Å². The van der Waals surface area contributed by atoms with Crippen molar-refractivity contribution < 1.29 is 23.7 Å². The van der Waals surface area contributed by atoms with Gasteiger partial charge in [-0.25, -0.2) is 4.79 Å². The number of hydrogen-bond acceptors (Lipinski definition) is 7. The van der Waals surface area contributed by atoms with Gasteiger partial charge in [0.15, 0.2) is 18.1 Å². The molecule has 0 atom stereocenters. The Hall–Kier alpha value is -2.33. The number of rotatable bonds is 9. The molecule has 166 valence electrons. The number of morpholine rings is 1. The molecule has 1 aliphatic rings. The molecular weight excluding hydrogens is 511 g/mol. The third-order valence-corrected chi connectivity index (χ3v) is 5.36. The van der Waals surface area contributed by atoms with Gasteiger partial charge in [0, 0.05) is 25.0 Å². The summed E-state index contributed by atoms with van der Waals surface area (Å²) in [6.45, 7) is 7.65. The summed E-state index contributed by atoms with van der Waals surface area (Å²) in [5, 5.41) is 0. The van der Waals surface area contributed by atoms with Crippen molar-refractivity contribution in [3.05, 3.63) is 45.5 Å². The van der Waals surface area contributed by atoms with E-state index in [0.29, 0.717) is 24.7 Å². The average molecular weight is 538 g/mol. The van der Waals surface area contributed by atoms with E-state index in [1.54, 1.807) is 13.1 Å². The summed E-state index contributed by atoms with van der Waals surface area (Å²) >= 11 is 2.17. The second-order valence-electron chi connectivity index (χ2n) is 6.73. The van der Waals surface area contributed by atoms with E-state index in [-0.39, 0.29) is 6.61 Å². The number of hydrogen-bond donors (Lipinski definition) is 0. The van der Waals surface area contributed by atoms with E-state index < -0.39 is 5.97 Å². The Morgan fingerprint density at radius 2 is 1.87 bits per heavy atom. The molecule has 0 N–H and O–H groups in total. The Morgan fingerprint density at radius 1 is 1.13 bits per heavy atom. The highest BCUT2D eigenvalue weighted by molar-refractivity contribution is 14.1. The van der Waals surface area contributed by atoms with Crippen LogP contribution in [-0.4, -0.2) is 58.3 Å². The largest absolute Gasteiger partial charge is 0.490 e. The Labute approximate surface area is 196 Å². The number of ether oxygens (including phenoxy) is 4. The molecule has 1 saturated heterocycles. The van der Waals surface area contributed by atoms with Gasteiger partial charge in [0.2, 0.25) is 0 Å². The first-order chi connectivity index (χ1) is 15.1. The molecule has 0 saturated carbocycles. The van der Waals surface area contributed by atoms with Gasteiger partial charge in [-0.3, -0.25) is 4.99 Å². The average Bonchev–Trinajstić information content (AvgIpc) is 2.78. The normalized spacial score (nSPS) is 14.0. The van der Waals surface area contributed by atoms with Gasteiger partial charge >= 0.3 is 5.97 Å². The highest BCUT2D eigenvalue weighted by Gasteiger charge is 2.14. The van der Waals surface area contributed by atoms with Crippen LogP contribution in [0.3, 0.4) is 0 Å². The van der Waals surface area contributed by atoms with E-state index in [4.69, 9.17) is 18.9 Å². The molecule has 3 rings (SSSR count). The zero-order chi connectivity index (χ0) is 22.1. The van der Waals surface area contributed by atoms with Crippen LogP contribution in [0, 0.1) is 3.57 Å². The SMILES string of the molecule is CCOC(=O)COc1c(I)cc(C=Nc2ccc(N3CCOCC3)cc2)cc1OCC. The summed E-state index contributed by atoms with van der Waals surface area (Å²) in [4.78, 5) is 18.5. The highest BCUT2D eigenvalue weighted by Crippen LogP contribution is 2.34. The van der Waals surface area contributed by atoms with Crippen molar-refractivity contribution in [3.63, 3.8) is 0 Å². The molecule has 31 heavy (non-hydrogen) atoms. The number of halogens is 1. The van der Waals surface area contributed by atoms with E-state index >= 15 is 0 Å². The fourth-order valence-corrected chi connectivity index (χ4v) is 3.90. The van der Waals surface area contributed by atoms with Crippen molar-refractivity contribution in [2.75, 3.05) is 51.0 Å². The minimum absolute atomic E-state index is 0.160. The van der Waals surface area contributed by atoms with Crippen molar-refractivity contribution in [1.29, 1.82) is 0 Å². The van der Waals surface area contributed by atoms with Gasteiger partial charge in [0.05, 0.1) is 35.7 Å². The highest BCUT2D eigenvalue weighted by atomic mass is 127. The first-order valence-electron chi connectivity index (χ1n) is 10.3. The molecule has 0 unspecified atom stereocenters. The number of aliphatic imine (C=N–C) groups is 1. The second kappa shape index (κ2) is 11.9. The van der Waals surface area contributed by atoms with Crippen LogP contribution in [0.15, 0.2) is 41.4 Å². The van der Waals surface area contributed by atoms with Crippen LogP contribution < -0.4 is 14.4 Å². The Morgan fingerprint density at radius 3 is 2.55 bits per heavy atom. The molecule has 8 heteroatoms. The quantitative estimate of drug-likeness (QED) is 0.271. The van der Waals surface area contributed by atoms with Crippen molar-refractivity contribution in [2.24, 2.45) is 4.99 Å². The Kier molecular flexibility index (Phi) is 8.96.